The van der Waals surface area contributed by atoms with Crippen LogP contribution in [0.3, 0.4) is 0 Å². The Balaban J connectivity index is 1.55. The molecular weight excluding hydrogens is 300 g/mol. The van der Waals surface area contributed by atoms with E-state index in [-0.39, 0.29) is 12.1 Å². The number of nitrogens with one attached hydrogen (secondary N) is 2. The molecule has 2 aromatic rings. The van der Waals surface area contributed by atoms with Crippen molar-refractivity contribution in [2.45, 2.75) is 32.4 Å². The molecule has 2 heterocycles. The van der Waals surface area contributed by atoms with Crippen LogP contribution in [0.5, 0.6) is 0 Å². The monoisotopic (exact) mass is 324 g/mol. The van der Waals surface area contributed by atoms with Gasteiger partial charge in [-0.1, -0.05) is 12.1 Å². The number of amides is 2. The van der Waals surface area contributed by atoms with Gasteiger partial charge in [-0.3, -0.25) is 4.98 Å². The standard InChI is InChI=1S/C19H24N4O/c1-15(22-19(24)21-14-16-7-9-20-10-8-16)17-5-4-6-18(13-17)23-11-2-3-12-23/h4-10,13,15H,2-3,11-12,14H2,1H3,(H2,21,22,24)/t15-/m0/s1. The van der Waals surface area contributed by atoms with E-state index in [1.165, 1.54) is 18.5 Å². The lowest BCUT2D eigenvalue weighted by molar-refractivity contribution is 0.237. The van der Waals surface area contributed by atoms with E-state index in [0.29, 0.717) is 6.54 Å². The third-order valence-electron chi connectivity index (χ3n) is 4.39. The average Bonchev–Trinajstić information content (AvgIpc) is 3.16. The van der Waals surface area contributed by atoms with Crippen LogP contribution in [0.15, 0.2) is 48.8 Å². The number of rotatable bonds is 5. The first-order valence-corrected chi connectivity index (χ1v) is 8.50. The molecule has 1 aliphatic rings. The number of nitrogens with zero attached hydrogens (tertiary/aromatic N) is 2. The van der Waals surface area contributed by atoms with Gasteiger partial charge in [0.05, 0.1) is 6.04 Å². The molecule has 1 aromatic carbocycles. The summed E-state index contributed by atoms with van der Waals surface area (Å²) in [5.41, 5.74) is 3.40. The predicted molar refractivity (Wildman–Crippen MR) is 95.9 cm³/mol. The normalized spacial score (nSPS) is 15.1. The van der Waals surface area contributed by atoms with Crippen molar-refractivity contribution in [1.29, 1.82) is 0 Å². The lowest BCUT2D eigenvalue weighted by atomic mass is 10.1. The zero-order valence-corrected chi connectivity index (χ0v) is 14.0. The van der Waals surface area contributed by atoms with Crippen LogP contribution in [0.4, 0.5) is 10.5 Å². The second-order valence-electron chi connectivity index (χ2n) is 6.19. The summed E-state index contributed by atoms with van der Waals surface area (Å²) in [6, 6.07) is 12.0. The summed E-state index contributed by atoms with van der Waals surface area (Å²) in [6.07, 6.45) is 5.97. The van der Waals surface area contributed by atoms with Gasteiger partial charge in [-0.2, -0.15) is 0 Å². The number of carbonyl (C=O) groups is 1. The number of hydrogen-bond donors (Lipinski definition) is 2. The molecule has 0 unspecified atom stereocenters. The smallest absolute Gasteiger partial charge is 0.315 e. The van der Waals surface area contributed by atoms with Crippen molar-refractivity contribution >= 4 is 11.7 Å². The predicted octanol–water partition coefficient (Wildman–Crippen LogP) is 3.24. The van der Waals surface area contributed by atoms with E-state index in [1.54, 1.807) is 12.4 Å². The van der Waals surface area contributed by atoms with Crippen LogP contribution in [-0.2, 0) is 6.54 Å². The van der Waals surface area contributed by atoms with Crippen LogP contribution < -0.4 is 15.5 Å². The molecule has 1 atom stereocenters. The molecule has 1 aromatic heterocycles. The van der Waals surface area contributed by atoms with E-state index in [9.17, 15) is 4.79 Å². The third-order valence-corrected chi connectivity index (χ3v) is 4.39. The molecule has 126 valence electrons. The first-order valence-electron chi connectivity index (χ1n) is 8.50. The fourth-order valence-electron chi connectivity index (χ4n) is 2.98. The summed E-state index contributed by atoms with van der Waals surface area (Å²) in [5, 5.41) is 5.88. The molecule has 0 aliphatic carbocycles. The van der Waals surface area contributed by atoms with Gasteiger partial charge in [0.25, 0.3) is 0 Å². The third kappa shape index (κ3) is 4.25. The van der Waals surface area contributed by atoms with Crippen molar-refractivity contribution in [1.82, 2.24) is 15.6 Å². The van der Waals surface area contributed by atoms with Crippen LogP contribution >= 0.6 is 0 Å². The van der Waals surface area contributed by atoms with Gasteiger partial charge in [-0.15, -0.1) is 0 Å². The quantitative estimate of drug-likeness (QED) is 0.888. The molecule has 24 heavy (non-hydrogen) atoms. The summed E-state index contributed by atoms with van der Waals surface area (Å²) >= 11 is 0. The summed E-state index contributed by atoms with van der Waals surface area (Å²) in [7, 11) is 0. The lowest BCUT2D eigenvalue weighted by Gasteiger charge is -2.21. The van der Waals surface area contributed by atoms with E-state index in [2.05, 4.69) is 44.8 Å². The van der Waals surface area contributed by atoms with Crippen molar-refractivity contribution in [3.63, 3.8) is 0 Å². The highest BCUT2D eigenvalue weighted by atomic mass is 16.2. The van der Waals surface area contributed by atoms with Gasteiger partial charge in [0.1, 0.15) is 0 Å². The molecule has 0 saturated carbocycles. The number of aromatic nitrogens is 1. The van der Waals surface area contributed by atoms with Crippen LogP contribution in [0.25, 0.3) is 0 Å². The summed E-state index contributed by atoms with van der Waals surface area (Å²) in [6.45, 7) is 4.75. The topological polar surface area (TPSA) is 57.3 Å². The molecule has 1 saturated heterocycles. The highest BCUT2D eigenvalue weighted by Gasteiger charge is 2.14. The van der Waals surface area contributed by atoms with Gasteiger partial charge in [0.2, 0.25) is 0 Å². The minimum Gasteiger partial charge on any atom is -0.372 e. The van der Waals surface area contributed by atoms with Gasteiger partial charge in [-0.25, -0.2) is 4.79 Å². The van der Waals surface area contributed by atoms with E-state index in [4.69, 9.17) is 0 Å². The van der Waals surface area contributed by atoms with Crippen LogP contribution in [-0.4, -0.2) is 24.1 Å². The highest BCUT2D eigenvalue weighted by Crippen LogP contribution is 2.23. The largest absolute Gasteiger partial charge is 0.372 e. The maximum Gasteiger partial charge on any atom is 0.315 e. The van der Waals surface area contributed by atoms with Crippen LogP contribution in [0.2, 0.25) is 0 Å². The van der Waals surface area contributed by atoms with Gasteiger partial charge >= 0.3 is 6.03 Å². The molecule has 2 amide bonds. The number of anilines is 1. The molecule has 3 rings (SSSR count). The van der Waals surface area contributed by atoms with Crippen molar-refractivity contribution in [2.24, 2.45) is 0 Å². The van der Waals surface area contributed by atoms with Gasteiger partial charge < -0.3 is 15.5 Å². The number of benzene rings is 1. The molecule has 5 heteroatoms. The second kappa shape index (κ2) is 7.81. The van der Waals surface area contributed by atoms with Crippen LogP contribution in [0.1, 0.15) is 36.9 Å². The molecule has 0 bridgehead atoms. The minimum atomic E-state index is -0.161. The van der Waals surface area contributed by atoms with Gasteiger partial charge in [0.15, 0.2) is 0 Å². The zero-order valence-electron chi connectivity index (χ0n) is 14.0. The highest BCUT2D eigenvalue weighted by molar-refractivity contribution is 5.74. The Hall–Kier alpha value is -2.56. The molecule has 0 radical (unpaired) electrons. The van der Waals surface area contributed by atoms with Crippen molar-refractivity contribution in [3.05, 3.63) is 59.9 Å². The average molecular weight is 324 g/mol. The Bertz CT molecular complexity index is 668. The first kappa shape index (κ1) is 16.3. The summed E-state index contributed by atoms with van der Waals surface area (Å²) < 4.78 is 0. The van der Waals surface area contributed by atoms with Crippen LogP contribution in [0, 0.1) is 0 Å². The maximum absolute atomic E-state index is 12.1. The molecule has 5 nitrogen and oxygen atoms in total. The van der Waals surface area contributed by atoms with Crippen molar-refractivity contribution in [2.75, 3.05) is 18.0 Å². The second-order valence-corrected chi connectivity index (χ2v) is 6.19. The van der Waals surface area contributed by atoms with E-state index in [1.807, 2.05) is 19.1 Å². The fraction of sp³-hybridized carbons (Fsp3) is 0.368. The summed E-state index contributed by atoms with van der Waals surface area (Å²) in [4.78, 5) is 18.5. The number of urea groups is 1. The zero-order chi connectivity index (χ0) is 16.8. The maximum atomic E-state index is 12.1. The Morgan fingerprint density at radius 2 is 1.96 bits per heavy atom. The SMILES string of the molecule is C[C@H](NC(=O)NCc1ccncc1)c1cccc(N2CCCC2)c1. The Labute approximate surface area is 143 Å². The number of pyridine rings is 1. The molecule has 2 N–H and O–H groups in total. The first-order chi connectivity index (χ1) is 11.7. The fourth-order valence-corrected chi connectivity index (χ4v) is 2.98. The molecular formula is C19H24N4O. The van der Waals surface area contributed by atoms with E-state index < -0.39 is 0 Å². The van der Waals surface area contributed by atoms with Crippen molar-refractivity contribution < 1.29 is 4.79 Å². The molecule has 0 spiro atoms. The number of hydrogen-bond acceptors (Lipinski definition) is 3. The Kier molecular flexibility index (Phi) is 5.31. The van der Waals surface area contributed by atoms with E-state index in [0.717, 1.165) is 24.2 Å². The minimum absolute atomic E-state index is 0.0370. The summed E-state index contributed by atoms with van der Waals surface area (Å²) in [5.74, 6) is 0. The van der Waals surface area contributed by atoms with Gasteiger partial charge in [0, 0.05) is 37.7 Å². The van der Waals surface area contributed by atoms with Crippen molar-refractivity contribution in [3.8, 4) is 0 Å². The Morgan fingerprint density at radius 3 is 2.71 bits per heavy atom. The number of carbonyl (C=O) groups excluding carboxylic acids is 1. The van der Waals surface area contributed by atoms with Gasteiger partial charge in [-0.05, 0) is 55.2 Å². The Morgan fingerprint density at radius 1 is 1.21 bits per heavy atom. The molecule has 1 fully saturated rings. The molecule has 1 aliphatic heterocycles. The van der Waals surface area contributed by atoms with E-state index >= 15 is 0 Å². The lowest BCUT2D eigenvalue weighted by Crippen LogP contribution is -2.36.